The van der Waals surface area contributed by atoms with Crippen LogP contribution in [0, 0.1) is 0 Å². The lowest BCUT2D eigenvalue weighted by Gasteiger charge is -2.11. The molecule has 102 valence electrons. The lowest BCUT2D eigenvalue weighted by Crippen LogP contribution is -2.19. The van der Waals surface area contributed by atoms with Crippen molar-refractivity contribution in [2.75, 3.05) is 12.8 Å². The summed E-state index contributed by atoms with van der Waals surface area (Å²) in [7, 11) is -2.11. The first kappa shape index (κ1) is 13.6. The fraction of sp³-hybridized carbons (Fsp3) is 0.250. The first-order chi connectivity index (χ1) is 8.99. The topological polar surface area (TPSA) is 90.0 Å². The summed E-state index contributed by atoms with van der Waals surface area (Å²) in [5, 5.41) is 0. The van der Waals surface area contributed by atoms with E-state index in [4.69, 9.17) is 5.73 Å². The van der Waals surface area contributed by atoms with Gasteiger partial charge in [0, 0.05) is 18.8 Å². The van der Waals surface area contributed by atoms with E-state index in [9.17, 15) is 8.42 Å². The van der Waals surface area contributed by atoms with Gasteiger partial charge in [-0.2, -0.15) is 0 Å². The van der Waals surface area contributed by atoms with E-state index >= 15 is 0 Å². The Bertz CT molecular complexity index is 692. The molecular weight excluding hydrogens is 264 g/mol. The van der Waals surface area contributed by atoms with E-state index in [0.29, 0.717) is 11.4 Å². The van der Waals surface area contributed by atoms with Gasteiger partial charge in [-0.1, -0.05) is 6.92 Å². The number of aryl methyl sites for hydroxylation is 1. The van der Waals surface area contributed by atoms with Gasteiger partial charge in [0.2, 0.25) is 10.0 Å². The Morgan fingerprint density at radius 1 is 1.42 bits per heavy atom. The number of nitrogens with one attached hydrogen (secondary N) is 1. The minimum absolute atomic E-state index is 0.176. The van der Waals surface area contributed by atoms with Gasteiger partial charge >= 0.3 is 0 Å². The molecule has 2 aromatic rings. The summed E-state index contributed by atoms with van der Waals surface area (Å²) < 4.78 is 27.7. The van der Waals surface area contributed by atoms with Gasteiger partial charge in [0.25, 0.3) is 0 Å². The van der Waals surface area contributed by atoms with E-state index in [-0.39, 0.29) is 4.90 Å². The highest BCUT2D eigenvalue weighted by atomic mass is 32.2. The number of imidazole rings is 1. The fourth-order valence-electron chi connectivity index (χ4n) is 1.83. The van der Waals surface area contributed by atoms with Crippen molar-refractivity contribution < 1.29 is 8.42 Å². The van der Waals surface area contributed by atoms with Gasteiger partial charge in [-0.3, -0.25) is 0 Å². The maximum Gasteiger partial charge on any atom is 0.240 e. The van der Waals surface area contributed by atoms with E-state index in [2.05, 4.69) is 9.71 Å². The zero-order valence-corrected chi connectivity index (χ0v) is 11.6. The molecule has 1 aromatic carbocycles. The number of rotatable bonds is 4. The van der Waals surface area contributed by atoms with E-state index < -0.39 is 10.0 Å². The number of benzene rings is 1. The van der Waals surface area contributed by atoms with Crippen molar-refractivity contribution in [3.63, 3.8) is 0 Å². The molecule has 3 N–H and O–H groups in total. The summed E-state index contributed by atoms with van der Waals surface area (Å²) in [6.07, 6.45) is 4.16. The normalized spacial score (nSPS) is 11.7. The zero-order valence-electron chi connectivity index (χ0n) is 10.8. The number of nitrogen functional groups attached to an aromatic ring is 1. The summed E-state index contributed by atoms with van der Waals surface area (Å²) in [5.41, 5.74) is 7.04. The monoisotopic (exact) mass is 280 g/mol. The molecule has 19 heavy (non-hydrogen) atoms. The molecule has 6 nitrogen and oxygen atoms in total. The summed E-state index contributed by atoms with van der Waals surface area (Å²) in [5.74, 6) is 0.825. The van der Waals surface area contributed by atoms with Crippen LogP contribution >= 0.6 is 0 Å². The highest BCUT2D eigenvalue weighted by Gasteiger charge is 2.15. The Morgan fingerprint density at radius 3 is 2.79 bits per heavy atom. The molecule has 0 atom stereocenters. The second-order valence-corrected chi connectivity index (χ2v) is 5.88. The van der Waals surface area contributed by atoms with Gasteiger partial charge in [0.1, 0.15) is 5.82 Å². The van der Waals surface area contributed by atoms with Gasteiger partial charge < -0.3 is 10.3 Å². The van der Waals surface area contributed by atoms with Crippen LogP contribution in [0.5, 0.6) is 0 Å². The fourth-order valence-corrected chi connectivity index (χ4v) is 2.58. The molecule has 0 saturated carbocycles. The van der Waals surface area contributed by atoms with E-state index in [1.165, 1.54) is 13.1 Å². The number of sulfonamides is 1. The van der Waals surface area contributed by atoms with Gasteiger partial charge in [0.15, 0.2) is 0 Å². The zero-order chi connectivity index (χ0) is 14.0. The van der Waals surface area contributed by atoms with Crippen LogP contribution in [0.3, 0.4) is 0 Å². The summed E-state index contributed by atoms with van der Waals surface area (Å²) >= 11 is 0. The Kier molecular flexibility index (Phi) is 3.59. The Balaban J connectivity index is 2.62. The minimum Gasteiger partial charge on any atom is -0.397 e. The smallest absolute Gasteiger partial charge is 0.240 e. The lowest BCUT2D eigenvalue weighted by molar-refractivity contribution is 0.588. The van der Waals surface area contributed by atoms with Crippen LogP contribution in [0.15, 0.2) is 35.5 Å². The Labute approximate surface area is 112 Å². The van der Waals surface area contributed by atoms with E-state index in [1.54, 1.807) is 29.1 Å². The molecule has 1 aromatic heterocycles. The third-order valence-electron chi connectivity index (χ3n) is 2.87. The quantitative estimate of drug-likeness (QED) is 0.815. The number of anilines is 1. The minimum atomic E-state index is -3.49. The molecule has 0 fully saturated rings. The van der Waals surface area contributed by atoms with Crippen LogP contribution < -0.4 is 10.5 Å². The first-order valence-electron chi connectivity index (χ1n) is 5.85. The predicted octanol–water partition coefficient (Wildman–Crippen LogP) is 0.925. The molecule has 0 aliphatic rings. The third-order valence-corrected chi connectivity index (χ3v) is 4.29. The van der Waals surface area contributed by atoms with Crippen LogP contribution in [0.2, 0.25) is 0 Å². The van der Waals surface area contributed by atoms with Crippen molar-refractivity contribution in [1.29, 1.82) is 0 Å². The molecule has 0 bridgehead atoms. The van der Waals surface area contributed by atoms with Crippen molar-refractivity contribution in [3.05, 3.63) is 36.4 Å². The second kappa shape index (κ2) is 5.02. The van der Waals surface area contributed by atoms with E-state index in [0.717, 1.165) is 12.2 Å². The number of aromatic nitrogens is 2. The molecule has 0 unspecified atom stereocenters. The Hall–Kier alpha value is -1.86. The molecule has 0 aliphatic heterocycles. The molecule has 0 aliphatic carbocycles. The lowest BCUT2D eigenvalue weighted by atomic mass is 10.2. The van der Waals surface area contributed by atoms with Gasteiger partial charge in [0.05, 0.1) is 16.3 Å². The van der Waals surface area contributed by atoms with Crippen LogP contribution in [-0.4, -0.2) is 25.0 Å². The number of hydrogen-bond acceptors (Lipinski definition) is 4. The average molecular weight is 280 g/mol. The van der Waals surface area contributed by atoms with Gasteiger partial charge in [-0.25, -0.2) is 18.1 Å². The number of nitrogens with zero attached hydrogens (tertiary/aromatic N) is 2. The van der Waals surface area contributed by atoms with Crippen LogP contribution in [0.1, 0.15) is 12.7 Å². The SMILES string of the molecule is CCc1nccn1-c1cc(S(=O)(=O)NC)ccc1N. The second-order valence-electron chi connectivity index (χ2n) is 4.00. The van der Waals surface area contributed by atoms with Crippen molar-refractivity contribution in [2.24, 2.45) is 0 Å². The largest absolute Gasteiger partial charge is 0.397 e. The molecular formula is C12H16N4O2S. The number of hydrogen-bond donors (Lipinski definition) is 2. The van der Waals surface area contributed by atoms with Crippen molar-refractivity contribution in [1.82, 2.24) is 14.3 Å². The molecule has 0 saturated heterocycles. The third kappa shape index (κ3) is 2.47. The van der Waals surface area contributed by atoms with E-state index in [1.807, 2.05) is 6.92 Å². The summed E-state index contributed by atoms with van der Waals surface area (Å²) in [4.78, 5) is 4.38. The van der Waals surface area contributed by atoms with Crippen molar-refractivity contribution in [3.8, 4) is 5.69 Å². The van der Waals surface area contributed by atoms with Crippen molar-refractivity contribution >= 4 is 15.7 Å². The molecule has 2 rings (SSSR count). The summed E-state index contributed by atoms with van der Waals surface area (Å²) in [6.45, 7) is 1.98. The predicted molar refractivity (Wildman–Crippen MR) is 73.6 cm³/mol. The van der Waals surface area contributed by atoms with Crippen molar-refractivity contribution in [2.45, 2.75) is 18.2 Å². The van der Waals surface area contributed by atoms with Gasteiger partial charge in [-0.05, 0) is 25.2 Å². The first-order valence-corrected chi connectivity index (χ1v) is 7.33. The summed E-state index contributed by atoms with van der Waals surface area (Å²) in [6, 6.07) is 4.61. The van der Waals surface area contributed by atoms with Crippen LogP contribution in [-0.2, 0) is 16.4 Å². The highest BCUT2D eigenvalue weighted by molar-refractivity contribution is 7.89. The standard InChI is InChI=1S/C12H16N4O2S/c1-3-12-15-6-7-16(12)11-8-9(4-5-10(11)13)19(17,18)14-2/h4-8,14H,3,13H2,1-2H3. The number of nitrogens with two attached hydrogens (primary N) is 1. The molecule has 0 spiro atoms. The molecule has 7 heteroatoms. The van der Waals surface area contributed by atoms with Crippen LogP contribution in [0.4, 0.5) is 5.69 Å². The molecule has 0 radical (unpaired) electrons. The molecule has 1 heterocycles. The average Bonchev–Trinajstić information content (AvgIpc) is 2.87. The Morgan fingerprint density at radius 2 is 2.16 bits per heavy atom. The highest BCUT2D eigenvalue weighted by Crippen LogP contribution is 2.23. The van der Waals surface area contributed by atoms with Crippen LogP contribution in [0.25, 0.3) is 5.69 Å². The molecule has 0 amide bonds. The van der Waals surface area contributed by atoms with Gasteiger partial charge in [-0.15, -0.1) is 0 Å². The maximum absolute atomic E-state index is 11.8. The maximum atomic E-state index is 11.8.